The number of hydrogen-bond donors (Lipinski definition) is 0. The summed E-state index contributed by atoms with van der Waals surface area (Å²) in [4.78, 5) is 16.6. The van der Waals surface area contributed by atoms with Crippen LogP contribution in [0.15, 0.2) is 0 Å². The molecule has 1 saturated heterocycles. The Bertz CT molecular complexity index is 513. The Hall–Kier alpha value is -2.14. The monoisotopic (exact) mass is 265 g/mol. The van der Waals surface area contributed by atoms with Gasteiger partial charge in [-0.3, -0.25) is 4.57 Å². The predicted octanol–water partition coefficient (Wildman–Crippen LogP) is 0.850. The van der Waals surface area contributed by atoms with Crippen molar-refractivity contribution in [1.82, 2.24) is 9.55 Å². The van der Waals surface area contributed by atoms with Crippen molar-refractivity contribution in [2.75, 3.05) is 31.2 Å². The van der Waals surface area contributed by atoms with Gasteiger partial charge in [-0.05, 0) is 9.91 Å². The SMILES string of the molecule is Cc1nc([N+](=O)[O-])c(N2CCOCC2)n1CCC#N. The number of aryl methyl sites for hydroxylation is 1. The third-order valence-electron chi connectivity index (χ3n) is 3.04. The summed E-state index contributed by atoms with van der Waals surface area (Å²) < 4.78 is 7.00. The van der Waals surface area contributed by atoms with Crippen LogP contribution in [0, 0.1) is 28.4 Å². The third-order valence-corrected chi connectivity index (χ3v) is 3.04. The molecule has 0 unspecified atom stereocenters. The molecule has 0 radical (unpaired) electrons. The number of imidazole rings is 1. The highest BCUT2D eigenvalue weighted by atomic mass is 16.6. The van der Waals surface area contributed by atoms with Crippen LogP contribution in [0.3, 0.4) is 0 Å². The van der Waals surface area contributed by atoms with Crippen LogP contribution >= 0.6 is 0 Å². The van der Waals surface area contributed by atoms with E-state index in [0.717, 1.165) is 0 Å². The highest BCUT2D eigenvalue weighted by Gasteiger charge is 2.30. The van der Waals surface area contributed by atoms with Crippen LogP contribution in [-0.2, 0) is 11.3 Å². The number of nitriles is 1. The highest BCUT2D eigenvalue weighted by Crippen LogP contribution is 2.29. The molecule has 0 aromatic carbocycles. The number of anilines is 1. The van der Waals surface area contributed by atoms with Crippen LogP contribution in [-0.4, -0.2) is 40.8 Å². The van der Waals surface area contributed by atoms with Crippen molar-refractivity contribution in [2.24, 2.45) is 0 Å². The molecule has 1 aromatic heterocycles. The molecule has 8 heteroatoms. The minimum atomic E-state index is -0.472. The van der Waals surface area contributed by atoms with Crippen molar-refractivity contribution < 1.29 is 9.66 Å². The molecule has 0 aliphatic carbocycles. The van der Waals surface area contributed by atoms with Crippen molar-refractivity contribution in [3.63, 3.8) is 0 Å². The van der Waals surface area contributed by atoms with Crippen molar-refractivity contribution in [2.45, 2.75) is 19.9 Å². The van der Waals surface area contributed by atoms with Gasteiger partial charge in [0.15, 0.2) is 0 Å². The first-order chi connectivity index (χ1) is 9.15. The number of hydrogen-bond acceptors (Lipinski definition) is 6. The summed E-state index contributed by atoms with van der Waals surface area (Å²) in [6, 6.07) is 2.05. The lowest BCUT2D eigenvalue weighted by Crippen LogP contribution is -2.38. The van der Waals surface area contributed by atoms with Crippen molar-refractivity contribution in [3.05, 3.63) is 15.9 Å². The molecule has 0 atom stereocenters. The normalized spacial score (nSPS) is 15.3. The van der Waals surface area contributed by atoms with Gasteiger partial charge in [0.05, 0.1) is 25.7 Å². The third kappa shape index (κ3) is 2.66. The highest BCUT2D eigenvalue weighted by molar-refractivity contribution is 5.56. The van der Waals surface area contributed by atoms with E-state index in [1.165, 1.54) is 0 Å². The van der Waals surface area contributed by atoms with E-state index in [4.69, 9.17) is 10.00 Å². The van der Waals surface area contributed by atoms with Gasteiger partial charge in [-0.25, -0.2) is 0 Å². The van der Waals surface area contributed by atoms with Gasteiger partial charge in [-0.1, -0.05) is 0 Å². The molecule has 1 aliphatic heterocycles. The van der Waals surface area contributed by atoms with E-state index in [0.29, 0.717) is 50.9 Å². The molecule has 0 bridgehead atoms. The maximum Gasteiger partial charge on any atom is 0.406 e. The first-order valence-corrected chi connectivity index (χ1v) is 6.06. The Kier molecular flexibility index (Phi) is 3.97. The predicted molar refractivity (Wildman–Crippen MR) is 66.9 cm³/mol. The fraction of sp³-hybridized carbons (Fsp3) is 0.636. The van der Waals surface area contributed by atoms with Crippen molar-refractivity contribution in [1.29, 1.82) is 5.26 Å². The van der Waals surface area contributed by atoms with Crippen molar-refractivity contribution in [3.8, 4) is 6.07 Å². The first-order valence-electron chi connectivity index (χ1n) is 6.06. The maximum absolute atomic E-state index is 11.1. The zero-order chi connectivity index (χ0) is 13.8. The standard InChI is InChI=1S/C11H15N5O3/c1-9-13-10(16(17)18)11(15(9)4-2-3-12)14-5-7-19-8-6-14/h2,4-8H2,1H3. The molecular weight excluding hydrogens is 250 g/mol. The molecule has 102 valence electrons. The summed E-state index contributed by atoms with van der Waals surface area (Å²) in [5, 5.41) is 19.8. The molecule has 1 fully saturated rings. The zero-order valence-corrected chi connectivity index (χ0v) is 10.7. The van der Waals surface area contributed by atoms with Crippen LogP contribution in [0.4, 0.5) is 11.6 Å². The molecule has 8 nitrogen and oxygen atoms in total. The van der Waals surface area contributed by atoms with Gasteiger partial charge in [0.2, 0.25) is 11.6 Å². The van der Waals surface area contributed by atoms with Crippen LogP contribution in [0.5, 0.6) is 0 Å². The minimum Gasteiger partial charge on any atom is -0.378 e. The molecule has 0 saturated carbocycles. The maximum atomic E-state index is 11.1. The lowest BCUT2D eigenvalue weighted by atomic mass is 10.4. The summed E-state index contributed by atoms with van der Waals surface area (Å²) in [6.07, 6.45) is 0.297. The topological polar surface area (TPSA) is 97.2 Å². The van der Waals surface area contributed by atoms with E-state index < -0.39 is 4.92 Å². The number of ether oxygens (including phenoxy) is 1. The summed E-state index contributed by atoms with van der Waals surface area (Å²) in [7, 11) is 0. The number of nitro groups is 1. The lowest BCUT2D eigenvalue weighted by molar-refractivity contribution is -0.388. The average molecular weight is 265 g/mol. The van der Waals surface area contributed by atoms with Gasteiger partial charge in [0, 0.05) is 26.6 Å². The van der Waals surface area contributed by atoms with Gasteiger partial charge < -0.3 is 19.8 Å². The number of morpholine rings is 1. The van der Waals surface area contributed by atoms with E-state index in [9.17, 15) is 10.1 Å². The van der Waals surface area contributed by atoms with Gasteiger partial charge in [0.25, 0.3) is 0 Å². The first kappa shape index (κ1) is 13.3. The quantitative estimate of drug-likeness (QED) is 0.591. The Balaban J connectivity index is 2.40. The number of aromatic nitrogens is 2. The smallest absolute Gasteiger partial charge is 0.378 e. The fourth-order valence-electron chi connectivity index (χ4n) is 2.18. The van der Waals surface area contributed by atoms with E-state index in [-0.39, 0.29) is 5.82 Å². The van der Waals surface area contributed by atoms with Gasteiger partial charge in [-0.2, -0.15) is 5.26 Å². The van der Waals surface area contributed by atoms with Crippen LogP contribution in [0.25, 0.3) is 0 Å². The minimum absolute atomic E-state index is 0.141. The van der Waals surface area contributed by atoms with Crippen LogP contribution < -0.4 is 4.90 Å². The molecule has 1 aliphatic rings. The van der Waals surface area contributed by atoms with Gasteiger partial charge in [0.1, 0.15) is 0 Å². The van der Waals surface area contributed by atoms with Crippen molar-refractivity contribution >= 4 is 11.6 Å². The Morgan fingerprint density at radius 2 is 2.21 bits per heavy atom. The molecule has 0 amide bonds. The van der Waals surface area contributed by atoms with Crippen LogP contribution in [0.1, 0.15) is 12.2 Å². The number of rotatable bonds is 4. The second-order valence-electron chi connectivity index (χ2n) is 4.22. The summed E-state index contributed by atoms with van der Waals surface area (Å²) in [5.74, 6) is 0.904. The summed E-state index contributed by atoms with van der Waals surface area (Å²) in [5.41, 5.74) is 0. The molecular formula is C11H15N5O3. The fourth-order valence-corrected chi connectivity index (χ4v) is 2.18. The largest absolute Gasteiger partial charge is 0.406 e. The molecule has 19 heavy (non-hydrogen) atoms. The molecule has 1 aromatic rings. The lowest BCUT2D eigenvalue weighted by Gasteiger charge is -2.28. The second-order valence-corrected chi connectivity index (χ2v) is 4.22. The molecule has 0 spiro atoms. The van der Waals surface area contributed by atoms with Crippen LogP contribution in [0.2, 0.25) is 0 Å². The Morgan fingerprint density at radius 3 is 2.79 bits per heavy atom. The summed E-state index contributed by atoms with van der Waals surface area (Å²) in [6.45, 7) is 4.40. The molecule has 2 rings (SSSR count). The number of nitrogens with zero attached hydrogens (tertiary/aromatic N) is 5. The zero-order valence-electron chi connectivity index (χ0n) is 10.7. The van der Waals surface area contributed by atoms with E-state index in [1.54, 1.807) is 11.5 Å². The molecule has 2 heterocycles. The van der Waals surface area contributed by atoms with Gasteiger partial charge in [-0.15, -0.1) is 0 Å². The Labute approximate surface area is 110 Å². The Morgan fingerprint density at radius 1 is 1.53 bits per heavy atom. The van der Waals surface area contributed by atoms with E-state index in [2.05, 4.69) is 11.1 Å². The second kappa shape index (κ2) is 5.67. The molecule has 0 N–H and O–H groups in total. The average Bonchev–Trinajstić information content (AvgIpc) is 2.74. The van der Waals surface area contributed by atoms with E-state index in [1.807, 2.05) is 4.90 Å². The van der Waals surface area contributed by atoms with E-state index >= 15 is 0 Å². The van der Waals surface area contributed by atoms with Gasteiger partial charge >= 0.3 is 5.82 Å². The summed E-state index contributed by atoms with van der Waals surface area (Å²) >= 11 is 0.